The van der Waals surface area contributed by atoms with E-state index < -0.39 is 0 Å². The van der Waals surface area contributed by atoms with Gasteiger partial charge in [-0.1, -0.05) is 19.9 Å². The lowest BCUT2D eigenvalue weighted by molar-refractivity contribution is 0.213. The molecule has 0 radical (unpaired) electrons. The number of hydrogen-bond donors (Lipinski definition) is 2. The van der Waals surface area contributed by atoms with Crippen LogP contribution >= 0.6 is 0 Å². The third-order valence-corrected chi connectivity index (χ3v) is 4.28. The van der Waals surface area contributed by atoms with Gasteiger partial charge in [-0.3, -0.25) is 0 Å². The van der Waals surface area contributed by atoms with Crippen LogP contribution in [0.2, 0.25) is 0 Å². The standard InChI is InChI=1S/C19H33N3O3/c1-14(2)16(22(3)4)13-21-19(23)20-11-7-8-15-9-10-17(24-5)18(12-15)25-6/h9-10,12,14,16H,7-8,11,13H2,1-6H3,(H2,20,21,23)/t16-/m1/s1. The lowest BCUT2D eigenvalue weighted by Crippen LogP contribution is -2.46. The van der Waals surface area contributed by atoms with Gasteiger partial charge in [-0.2, -0.15) is 0 Å². The van der Waals surface area contributed by atoms with Crippen molar-refractivity contribution in [1.82, 2.24) is 15.5 Å². The second-order valence-corrected chi connectivity index (χ2v) is 6.70. The summed E-state index contributed by atoms with van der Waals surface area (Å²) in [7, 11) is 7.33. The molecule has 1 atom stereocenters. The lowest BCUT2D eigenvalue weighted by Gasteiger charge is -2.28. The molecule has 2 amide bonds. The summed E-state index contributed by atoms with van der Waals surface area (Å²) in [5, 5.41) is 5.86. The topological polar surface area (TPSA) is 62.8 Å². The smallest absolute Gasteiger partial charge is 0.314 e. The van der Waals surface area contributed by atoms with Gasteiger partial charge in [0.1, 0.15) is 0 Å². The van der Waals surface area contributed by atoms with E-state index in [0.29, 0.717) is 25.0 Å². The average Bonchev–Trinajstić information content (AvgIpc) is 2.57. The quantitative estimate of drug-likeness (QED) is 0.636. The van der Waals surface area contributed by atoms with E-state index in [0.717, 1.165) is 29.9 Å². The van der Waals surface area contributed by atoms with E-state index in [1.54, 1.807) is 14.2 Å². The number of nitrogens with one attached hydrogen (secondary N) is 2. The van der Waals surface area contributed by atoms with Gasteiger partial charge in [0, 0.05) is 19.1 Å². The minimum absolute atomic E-state index is 0.111. The Kier molecular flexibility index (Phi) is 9.13. The molecule has 1 rings (SSSR count). The molecule has 6 heteroatoms. The van der Waals surface area contributed by atoms with Gasteiger partial charge in [-0.15, -0.1) is 0 Å². The largest absolute Gasteiger partial charge is 0.493 e. The average molecular weight is 351 g/mol. The lowest BCUT2D eigenvalue weighted by atomic mass is 10.0. The Bertz CT molecular complexity index is 525. The number of carbonyl (C=O) groups is 1. The molecule has 6 nitrogen and oxygen atoms in total. The summed E-state index contributed by atoms with van der Waals surface area (Å²) < 4.78 is 10.5. The van der Waals surface area contributed by atoms with Crippen LogP contribution in [0.3, 0.4) is 0 Å². The van der Waals surface area contributed by atoms with Crippen molar-refractivity contribution in [2.24, 2.45) is 5.92 Å². The first kappa shape index (κ1) is 21.1. The van der Waals surface area contributed by atoms with Crippen molar-refractivity contribution in [3.8, 4) is 11.5 Å². The van der Waals surface area contributed by atoms with Crippen LogP contribution in [0.4, 0.5) is 4.79 Å². The number of hydrogen-bond acceptors (Lipinski definition) is 4. The molecule has 0 saturated carbocycles. The highest BCUT2D eigenvalue weighted by Gasteiger charge is 2.16. The first-order valence-electron chi connectivity index (χ1n) is 8.78. The number of likely N-dealkylation sites (N-methyl/N-ethyl adjacent to an activating group) is 1. The normalized spacial score (nSPS) is 12.2. The third kappa shape index (κ3) is 7.22. The van der Waals surface area contributed by atoms with E-state index in [-0.39, 0.29) is 6.03 Å². The Hall–Kier alpha value is -1.95. The number of urea groups is 1. The fourth-order valence-corrected chi connectivity index (χ4v) is 2.80. The summed E-state index contributed by atoms with van der Waals surface area (Å²) in [6, 6.07) is 6.12. The van der Waals surface area contributed by atoms with Gasteiger partial charge in [0.25, 0.3) is 0 Å². The first-order chi connectivity index (χ1) is 11.9. The summed E-state index contributed by atoms with van der Waals surface area (Å²) in [4.78, 5) is 14.1. The van der Waals surface area contributed by atoms with Crippen molar-refractivity contribution in [3.63, 3.8) is 0 Å². The van der Waals surface area contributed by atoms with Crippen LogP contribution in [0.25, 0.3) is 0 Å². The minimum Gasteiger partial charge on any atom is -0.493 e. The molecule has 142 valence electrons. The highest BCUT2D eigenvalue weighted by Crippen LogP contribution is 2.27. The van der Waals surface area contributed by atoms with Crippen LogP contribution in [0.5, 0.6) is 11.5 Å². The second-order valence-electron chi connectivity index (χ2n) is 6.70. The molecule has 0 aliphatic carbocycles. The summed E-state index contributed by atoms with van der Waals surface area (Å²) in [5.41, 5.74) is 1.16. The van der Waals surface area contributed by atoms with E-state index in [4.69, 9.17) is 9.47 Å². The molecule has 0 aliphatic heterocycles. The molecule has 0 bridgehead atoms. The highest BCUT2D eigenvalue weighted by atomic mass is 16.5. The maximum atomic E-state index is 11.9. The SMILES string of the molecule is COc1ccc(CCCNC(=O)NC[C@H](C(C)C)N(C)C)cc1OC. The Morgan fingerprint density at radius 1 is 1.12 bits per heavy atom. The van der Waals surface area contributed by atoms with Crippen molar-refractivity contribution in [2.45, 2.75) is 32.7 Å². The van der Waals surface area contributed by atoms with Gasteiger partial charge >= 0.3 is 6.03 Å². The summed E-state index contributed by atoms with van der Waals surface area (Å²) in [6.45, 7) is 5.60. The number of carbonyl (C=O) groups excluding carboxylic acids is 1. The van der Waals surface area contributed by atoms with E-state index in [2.05, 4.69) is 29.4 Å². The second kappa shape index (κ2) is 10.8. The number of amides is 2. The van der Waals surface area contributed by atoms with Gasteiger partial charge in [-0.05, 0) is 50.6 Å². The molecule has 0 saturated heterocycles. The maximum Gasteiger partial charge on any atom is 0.314 e. The molecule has 0 fully saturated rings. The first-order valence-corrected chi connectivity index (χ1v) is 8.78. The number of nitrogens with zero attached hydrogens (tertiary/aromatic N) is 1. The van der Waals surface area contributed by atoms with E-state index in [1.165, 1.54) is 0 Å². The number of benzene rings is 1. The number of rotatable bonds is 10. The fraction of sp³-hybridized carbons (Fsp3) is 0.632. The highest BCUT2D eigenvalue weighted by molar-refractivity contribution is 5.73. The molecule has 0 heterocycles. The van der Waals surface area contributed by atoms with Crippen LogP contribution < -0.4 is 20.1 Å². The molecule has 0 unspecified atom stereocenters. The molecule has 0 aliphatic rings. The molecule has 1 aromatic carbocycles. The maximum absolute atomic E-state index is 11.9. The van der Waals surface area contributed by atoms with E-state index >= 15 is 0 Å². The van der Waals surface area contributed by atoms with Crippen molar-refractivity contribution in [1.29, 1.82) is 0 Å². The van der Waals surface area contributed by atoms with Crippen molar-refractivity contribution < 1.29 is 14.3 Å². The molecule has 0 aromatic heterocycles. The Labute approximate surface area is 151 Å². The predicted octanol–water partition coefficient (Wildman–Crippen LogP) is 2.52. The Morgan fingerprint density at radius 2 is 1.80 bits per heavy atom. The van der Waals surface area contributed by atoms with Crippen LogP contribution in [0.15, 0.2) is 18.2 Å². The van der Waals surface area contributed by atoms with E-state index in [9.17, 15) is 4.79 Å². The number of methoxy groups -OCH3 is 2. The summed E-state index contributed by atoms with van der Waals surface area (Å²) in [5.74, 6) is 1.94. The third-order valence-electron chi connectivity index (χ3n) is 4.28. The predicted molar refractivity (Wildman–Crippen MR) is 102 cm³/mol. The number of aryl methyl sites for hydroxylation is 1. The van der Waals surface area contributed by atoms with Crippen LogP contribution in [-0.4, -0.2) is 58.4 Å². The minimum atomic E-state index is -0.111. The molecule has 25 heavy (non-hydrogen) atoms. The van der Waals surface area contributed by atoms with Crippen molar-refractivity contribution in [3.05, 3.63) is 23.8 Å². The van der Waals surface area contributed by atoms with Crippen molar-refractivity contribution >= 4 is 6.03 Å². The van der Waals surface area contributed by atoms with Crippen molar-refractivity contribution in [2.75, 3.05) is 41.4 Å². The molecule has 0 spiro atoms. The van der Waals surface area contributed by atoms with Crippen LogP contribution in [-0.2, 0) is 6.42 Å². The summed E-state index contributed by atoms with van der Waals surface area (Å²) >= 11 is 0. The zero-order valence-corrected chi connectivity index (χ0v) is 16.4. The molecular weight excluding hydrogens is 318 g/mol. The van der Waals surface area contributed by atoms with Gasteiger partial charge in [0.2, 0.25) is 0 Å². The Balaban J connectivity index is 2.32. The summed E-state index contributed by atoms with van der Waals surface area (Å²) in [6.07, 6.45) is 1.73. The monoisotopic (exact) mass is 351 g/mol. The van der Waals surface area contributed by atoms with Gasteiger partial charge in [-0.25, -0.2) is 4.79 Å². The molecular formula is C19H33N3O3. The number of ether oxygens (including phenoxy) is 2. The van der Waals surface area contributed by atoms with Gasteiger partial charge in [0.05, 0.1) is 14.2 Å². The molecule has 1 aromatic rings. The van der Waals surface area contributed by atoms with Gasteiger partial charge in [0.15, 0.2) is 11.5 Å². The van der Waals surface area contributed by atoms with Crippen LogP contribution in [0.1, 0.15) is 25.8 Å². The zero-order chi connectivity index (χ0) is 18.8. The Morgan fingerprint density at radius 3 is 2.36 bits per heavy atom. The van der Waals surface area contributed by atoms with Gasteiger partial charge < -0.3 is 25.0 Å². The fourth-order valence-electron chi connectivity index (χ4n) is 2.80. The zero-order valence-electron chi connectivity index (χ0n) is 16.4. The van der Waals surface area contributed by atoms with Crippen LogP contribution in [0, 0.1) is 5.92 Å². The molecule has 2 N–H and O–H groups in total. The van der Waals surface area contributed by atoms with E-state index in [1.807, 2.05) is 32.3 Å².